The minimum atomic E-state index is -2.51. The normalized spacial score (nSPS) is 31.7. The number of nitrogens with two attached hydrogens (primary N) is 2. The fourth-order valence-electron chi connectivity index (χ4n) is 7.35. The predicted octanol–water partition coefficient (Wildman–Crippen LogP) is -12.3. The number of fused-ring (bicyclic) bond motifs is 2. The Morgan fingerprint density at radius 3 is 2.11 bits per heavy atom. The molecular weight excluding hydrogens is 907 g/mol. The van der Waals surface area contributed by atoms with Crippen LogP contribution >= 0.6 is 12.3 Å². The molecule has 7 amide bonds. The molecule has 1 aromatic carbocycles. The molecule has 0 spiro atoms. The number of primary amides is 1. The van der Waals surface area contributed by atoms with Crippen molar-refractivity contribution in [3.8, 4) is 11.5 Å². The second kappa shape index (κ2) is 24.1. The minimum absolute atomic E-state index is 0. The number of aliphatic hydroxyl groups is 8. The second-order valence-electron chi connectivity index (χ2n) is 15.5. The third-order valence-corrected chi connectivity index (χ3v) is 11.1. The second-order valence-corrected chi connectivity index (χ2v) is 16.0. The fourth-order valence-corrected chi connectivity index (χ4v) is 7.61. The summed E-state index contributed by atoms with van der Waals surface area (Å²) in [5.41, 5.74) is 10.9. The molecule has 1 aromatic rings. The van der Waals surface area contributed by atoms with Gasteiger partial charge in [0.15, 0.2) is 17.7 Å². The van der Waals surface area contributed by atoms with Crippen LogP contribution in [-0.4, -0.2) is 189 Å². The first-order valence-corrected chi connectivity index (χ1v) is 20.1. The number of rotatable bonds is 11. The van der Waals surface area contributed by atoms with Crippen LogP contribution in [-0.2, 0) is 42.9 Å². The molecular formula is C35H51N8NaO20S. The van der Waals surface area contributed by atoms with Gasteiger partial charge in [-0.25, -0.2) is 0 Å². The van der Waals surface area contributed by atoms with Crippen LogP contribution in [0.5, 0.6) is 11.5 Å². The molecule has 0 saturated carbocycles. The number of aromatic hydroxyl groups is 1. The van der Waals surface area contributed by atoms with Crippen molar-refractivity contribution in [2.45, 2.75) is 118 Å². The van der Waals surface area contributed by atoms with E-state index < -0.39 is 176 Å². The van der Waals surface area contributed by atoms with Crippen molar-refractivity contribution in [3.05, 3.63) is 23.8 Å². The summed E-state index contributed by atoms with van der Waals surface area (Å²) in [6.07, 6.45) is -18.6. The molecule has 3 fully saturated rings. The number of nitrogens with zero attached hydrogens (tertiary/aromatic N) is 2. The number of phenolic OH excluding ortho intramolecular Hbond substituents is 1. The third-order valence-electron chi connectivity index (χ3n) is 10.8. The Bertz CT molecular complexity index is 1890. The average Bonchev–Trinajstić information content (AvgIpc) is 3.77. The number of nitrogens with one attached hydrogen (secondary N) is 4. The summed E-state index contributed by atoms with van der Waals surface area (Å²) in [6.45, 7) is 1.37. The van der Waals surface area contributed by atoms with E-state index in [4.69, 9.17) is 15.7 Å². The molecule has 65 heavy (non-hydrogen) atoms. The van der Waals surface area contributed by atoms with E-state index in [1.165, 1.54) is 6.92 Å². The first kappa shape index (κ1) is 55.3. The first-order valence-electron chi connectivity index (χ1n) is 19.4. The van der Waals surface area contributed by atoms with E-state index in [-0.39, 0.29) is 47.4 Å². The number of benzene rings is 1. The van der Waals surface area contributed by atoms with Crippen LogP contribution in [0.2, 0.25) is 0 Å². The maximum Gasteiger partial charge on any atom is 1.00 e. The van der Waals surface area contributed by atoms with Crippen molar-refractivity contribution in [1.82, 2.24) is 31.1 Å². The summed E-state index contributed by atoms with van der Waals surface area (Å²) in [6, 6.07) is -9.31. The predicted molar refractivity (Wildman–Crippen MR) is 206 cm³/mol. The van der Waals surface area contributed by atoms with Crippen LogP contribution in [0.3, 0.4) is 0 Å². The van der Waals surface area contributed by atoms with Gasteiger partial charge in [0, 0.05) is 31.8 Å². The summed E-state index contributed by atoms with van der Waals surface area (Å²) in [4.78, 5) is 96.9. The van der Waals surface area contributed by atoms with E-state index in [1.807, 2.05) is 5.32 Å². The molecule has 0 aromatic heterocycles. The Morgan fingerprint density at radius 2 is 1.49 bits per heavy atom. The third kappa shape index (κ3) is 13.6. The largest absolute Gasteiger partial charge is 1.00 e. The molecule has 14 unspecified atom stereocenters. The first-order chi connectivity index (χ1) is 30.0. The molecule has 4 rings (SSSR count). The van der Waals surface area contributed by atoms with Gasteiger partial charge in [-0.2, -0.15) is 0 Å². The van der Waals surface area contributed by atoms with Crippen molar-refractivity contribution in [1.29, 1.82) is 0 Å². The zero-order chi connectivity index (χ0) is 47.9. The maximum atomic E-state index is 14.4. The molecule has 30 heteroatoms. The molecule has 0 radical (unpaired) electrons. The quantitative estimate of drug-likeness (QED) is 0.0322. The smallest absolute Gasteiger partial charge is 0.691 e. The zero-order valence-corrected chi connectivity index (χ0v) is 37.7. The monoisotopic (exact) mass is 958 g/mol. The van der Waals surface area contributed by atoms with Crippen LogP contribution in [0, 0.1) is 5.92 Å². The van der Waals surface area contributed by atoms with Crippen molar-refractivity contribution in [2.24, 2.45) is 17.4 Å². The Kier molecular flexibility index (Phi) is 20.5. The number of phenols is 1. The van der Waals surface area contributed by atoms with E-state index in [9.17, 15) is 84.8 Å². The van der Waals surface area contributed by atoms with Crippen LogP contribution < -0.4 is 71.7 Å². The van der Waals surface area contributed by atoms with Gasteiger partial charge in [-0.3, -0.25) is 38.6 Å². The Labute approximate surface area is 395 Å². The maximum absolute atomic E-state index is 14.4. The molecule has 0 bridgehead atoms. The van der Waals surface area contributed by atoms with Crippen LogP contribution in [0.15, 0.2) is 18.2 Å². The van der Waals surface area contributed by atoms with Crippen molar-refractivity contribution in [3.63, 3.8) is 0 Å². The number of hydrogen-bond acceptors (Lipinski definition) is 22. The fraction of sp³-hybridized carbons (Fsp3) is 0.629. The number of hydrogen-bond donors (Lipinski definition) is 15. The van der Waals surface area contributed by atoms with Gasteiger partial charge in [0.1, 0.15) is 48.5 Å². The number of amides is 7. The molecule has 28 nitrogen and oxygen atoms in total. The van der Waals surface area contributed by atoms with E-state index in [0.29, 0.717) is 9.80 Å². The summed E-state index contributed by atoms with van der Waals surface area (Å²) in [5.74, 6) is -11.3. The number of carbonyl (C=O) groups is 7. The molecule has 3 aliphatic rings. The SMILES string of the molecule is CC(O)C1NC(=O)[C@@H](N)CC(O)C(O)NC(=O)C2C(O)C(C)CN2C(=O)C(C(O)CC(N)=O)NC(=O)C(C(O)C(O)c2ccc(O)c(OSOO[O-])c2)NC(=O)C2CC(O)CN2C1=O.[Na+]. The molecule has 15 atom stereocenters. The van der Waals surface area contributed by atoms with Gasteiger partial charge < -0.3 is 97.9 Å². The van der Waals surface area contributed by atoms with Crippen LogP contribution in [0.1, 0.15) is 44.8 Å². The Morgan fingerprint density at radius 1 is 0.877 bits per heavy atom. The molecule has 3 saturated heterocycles. The van der Waals surface area contributed by atoms with Gasteiger partial charge in [0.05, 0.1) is 36.9 Å². The van der Waals surface area contributed by atoms with Gasteiger partial charge in [-0.1, -0.05) is 13.0 Å². The van der Waals surface area contributed by atoms with Crippen molar-refractivity contribution >= 4 is 53.7 Å². The molecule has 0 aliphatic carbocycles. The van der Waals surface area contributed by atoms with Gasteiger partial charge in [0.25, 0.3) is 12.3 Å². The molecule has 17 N–H and O–H groups in total. The van der Waals surface area contributed by atoms with Gasteiger partial charge in [0.2, 0.25) is 41.4 Å². The Balaban J connectivity index is 0.0000112. The number of aliphatic hydroxyl groups excluding tert-OH is 8. The summed E-state index contributed by atoms with van der Waals surface area (Å²) < 4.78 is 8.92. The van der Waals surface area contributed by atoms with Gasteiger partial charge in [-0.15, -0.1) is 4.33 Å². The average molecular weight is 959 g/mol. The van der Waals surface area contributed by atoms with Crippen molar-refractivity contribution in [2.75, 3.05) is 13.1 Å². The number of carbonyl (C=O) groups excluding carboxylic acids is 7. The summed E-state index contributed by atoms with van der Waals surface area (Å²) in [7, 11) is 0. The van der Waals surface area contributed by atoms with Crippen LogP contribution in [0.25, 0.3) is 0 Å². The zero-order valence-electron chi connectivity index (χ0n) is 34.9. The van der Waals surface area contributed by atoms with Gasteiger partial charge >= 0.3 is 29.6 Å². The molecule has 358 valence electrons. The molecule has 3 aliphatic heterocycles. The standard InChI is InChI=1S/C35H52N8O20S.Na/c1-11-9-43-25(26(11)50)33(57)41-31(55)19(48)7-15(36)29(53)38-22(12(2)44)34(58)42-10-14(45)6-16(42)30(54)40-24(32(56)39-23(35(43)59)18(47)8-21(37)49)28(52)27(51)13-3-4-17(46)20(5-13)61-64-63-62-60;/h3-5,11-12,14-16,18-19,22-28,31,44-48,50-52,55,60H,6-10,36H2,1-2H3,(H2,37,49)(H,38,53)(H,39,56)(H,40,54)(H,41,57);/q;+1/p-1/t11?,12?,14?,15-,16?,18?,19?,22?,23?,24?,25?,26?,27?,28?,31?;/m0./s1. The van der Waals surface area contributed by atoms with Crippen molar-refractivity contribution < 1.29 is 128 Å². The Hall–Kier alpha value is -4.02. The summed E-state index contributed by atoms with van der Waals surface area (Å²) in [5, 5.41) is 120. The van der Waals surface area contributed by atoms with Crippen LogP contribution in [0.4, 0.5) is 0 Å². The minimum Gasteiger partial charge on any atom is -0.691 e. The van der Waals surface area contributed by atoms with E-state index in [1.54, 1.807) is 0 Å². The van der Waals surface area contributed by atoms with E-state index in [2.05, 4.69) is 25.3 Å². The van der Waals surface area contributed by atoms with Gasteiger partial charge in [-0.05, 0) is 24.6 Å². The van der Waals surface area contributed by atoms with E-state index in [0.717, 1.165) is 25.1 Å². The molecule has 3 heterocycles. The summed E-state index contributed by atoms with van der Waals surface area (Å²) >= 11 is -0.0860. The topological polar surface area (TPSA) is 459 Å². The van der Waals surface area contributed by atoms with E-state index >= 15 is 0 Å².